The lowest BCUT2D eigenvalue weighted by Gasteiger charge is -2.12. The highest BCUT2D eigenvalue weighted by Crippen LogP contribution is 2.31. The molecule has 1 aromatic heterocycles. The van der Waals surface area contributed by atoms with Gasteiger partial charge in [0.1, 0.15) is 5.25 Å². The summed E-state index contributed by atoms with van der Waals surface area (Å²) in [6, 6.07) is 32.5. The average molecular weight is 382 g/mol. The molecule has 0 amide bonds. The molecule has 3 aromatic carbocycles. The molecule has 0 aliphatic rings. The van der Waals surface area contributed by atoms with Crippen LogP contribution in [0.1, 0.15) is 5.56 Å². The standard InChI is InChI=1S/C23H18N4S/c24-17-21(16-18-10-4-1-5-11-18)28-23-26-25-22(19-12-6-2-7-13-19)27(23)20-14-8-3-9-15-20/h1-15,21H,16H2. The van der Waals surface area contributed by atoms with Gasteiger partial charge in [-0.2, -0.15) is 5.26 Å². The van der Waals surface area contributed by atoms with Crippen LogP contribution in [-0.2, 0) is 6.42 Å². The van der Waals surface area contributed by atoms with E-state index in [1.54, 1.807) is 0 Å². The Morgan fingerprint density at radius 3 is 2.07 bits per heavy atom. The van der Waals surface area contributed by atoms with Gasteiger partial charge < -0.3 is 0 Å². The first kappa shape index (κ1) is 18.0. The van der Waals surface area contributed by atoms with Gasteiger partial charge >= 0.3 is 0 Å². The summed E-state index contributed by atoms with van der Waals surface area (Å²) < 4.78 is 2.02. The van der Waals surface area contributed by atoms with E-state index in [1.165, 1.54) is 11.8 Å². The van der Waals surface area contributed by atoms with Gasteiger partial charge in [0.25, 0.3) is 0 Å². The first-order valence-corrected chi connectivity index (χ1v) is 9.89. The molecule has 0 fully saturated rings. The molecule has 0 saturated heterocycles. The molecular weight excluding hydrogens is 364 g/mol. The fourth-order valence-corrected chi connectivity index (χ4v) is 3.97. The Balaban J connectivity index is 1.71. The summed E-state index contributed by atoms with van der Waals surface area (Å²) in [6.45, 7) is 0. The molecule has 1 heterocycles. The second kappa shape index (κ2) is 8.55. The van der Waals surface area contributed by atoms with E-state index in [0.717, 1.165) is 22.6 Å². The van der Waals surface area contributed by atoms with Gasteiger partial charge in [-0.15, -0.1) is 10.2 Å². The van der Waals surface area contributed by atoms with E-state index in [2.05, 4.69) is 16.3 Å². The highest BCUT2D eigenvalue weighted by Gasteiger charge is 2.20. The maximum Gasteiger partial charge on any atom is 0.197 e. The zero-order chi connectivity index (χ0) is 19.2. The minimum Gasteiger partial charge on any atom is -0.270 e. The molecule has 0 radical (unpaired) electrons. The van der Waals surface area contributed by atoms with Crippen molar-refractivity contribution >= 4 is 11.8 Å². The predicted molar refractivity (Wildman–Crippen MR) is 112 cm³/mol. The van der Waals surface area contributed by atoms with Crippen molar-refractivity contribution in [1.82, 2.24) is 14.8 Å². The van der Waals surface area contributed by atoms with Crippen LogP contribution in [0.3, 0.4) is 0 Å². The molecule has 0 aliphatic heterocycles. The Bertz CT molecular complexity index is 1070. The predicted octanol–water partition coefficient (Wildman–Crippen LogP) is 5.16. The fraction of sp³-hybridized carbons (Fsp3) is 0.0870. The van der Waals surface area contributed by atoms with E-state index >= 15 is 0 Å². The number of hydrogen-bond acceptors (Lipinski definition) is 4. The summed E-state index contributed by atoms with van der Waals surface area (Å²) in [5.41, 5.74) is 3.10. The number of thioether (sulfide) groups is 1. The van der Waals surface area contributed by atoms with Crippen LogP contribution in [0.2, 0.25) is 0 Å². The normalized spacial score (nSPS) is 11.7. The van der Waals surface area contributed by atoms with Gasteiger partial charge in [-0.1, -0.05) is 90.6 Å². The van der Waals surface area contributed by atoms with Gasteiger partial charge in [0.2, 0.25) is 0 Å². The molecule has 0 N–H and O–H groups in total. The maximum atomic E-state index is 9.71. The maximum absolute atomic E-state index is 9.71. The van der Waals surface area contributed by atoms with Crippen LogP contribution in [0.15, 0.2) is 96.2 Å². The molecule has 0 bridgehead atoms. The van der Waals surface area contributed by atoms with Crippen LogP contribution in [0.5, 0.6) is 0 Å². The van der Waals surface area contributed by atoms with Gasteiger partial charge in [-0.05, 0) is 24.1 Å². The summed E-state index contributed by atoms with van der Waals surface area (Å²) in [5.74, 6) is 0.769. The number of rotatable bonds is 6. The lowest BCUT2D eigenvalue weighted by molar-refractivity contribution is 0.878. The van der Waals surface area contributed by atoms with Crippen molar-refractivity contribution in [3.8, 4) is 23.1 Å². The van der Waals surface area contributed by atoms with Gasteiger partial charge in [0, 0.05) is 11.3 Å². The Kier molecular flexibility index (Phi) is 5.51. The van der Waals surface area contributed by atoms with E-state index in [-0.39, 0.29) is 5.25 Å². The summed E-state index contributed by atoms with van der Waals surface area (Å²) in [7, 11) is 0. The van der Waals surface area contributed by atoms with Crippen LogP contribution in [0.4, 0.5) is 0 Å². The number of hydrogen-bond donors (Lipinski definition) is 0. The Morgan fingerprint density at radius 2 is 1.43 bits per heavy atom. The molecular formula is C23H18N4S. The van der Waals surface area contributed by atoms with Crippen LogP contribution in [-0.4, -0.2) is 20.0 Å². The zero-order valence-corrected chi connectivity index (χ0v) is 16.0. The number of para-hydroxylation sites is 1. The minimum atomic E-state index is -0.252. The second-order valence-electron chi connectivity index (χ2n) is 6.27. The van der Waals surface area contributed by atoms with E-state index in [0.29, 0.717) is 11.6 Å². The van der Waals surface area contributed by atoms with Gasteiger partial charge in [0.05, 0.1) is 6.07 Å². The third-order valence-electron chi connectivity index (χ3n) is 4.34. The highest BCUT2D eigenvalue weighted by atomic mass is 32.2. The van der Waals surface area contributed by atoms with E-state index < -0.39 is 0 Å². The van der Waals surface area contributed by atoms with Crippen molar-refractivity contribution in [1.29, 1.82) is 5.26 Å². The Hall–Kier alpha value is -3.36. The second-order valence-corrected chi connectivity index (χ2v) is 7.44. The lowest BCUT2D eigenvalue weighted by Crippen LogP contribution is -2.07. The minimum absolute atomic E-state index is 0.252. The fourth-order valence-electron chi connectivity index (χ4n) is 3.00. The van der Waals surface area contributed by atoms with Crippen LogP contribution in [0, 0.1) is 11.3 Å². The molecule has 1 atom stereocenters. The zero-order valence-electron chi connectivity index (χ0n) is 15.1. The number of nitriles is 1. The lowest BCUT2D eigenvalue weighted by atomic mass is 10.1. The molecule has 5 heteroatoms. The number of benzene rings is 3. The van der Waals surface area contributed by atoms with Crippen molar-refractivity contribution < 1.29 is 0 Å². The highest BCUT2D eigenvalue weighted by molar-refractivity contribution is 8.00. The van der Waals surface area contributed by atoms with Crippen molar-refractivity contribution in [3.63, 3.8) is 0 Å². The SMILES string of the molecule is N#CC(Cc1ccccc1)Sc1nnc(-c2ccccc2)n1-c1ccccc1. The van der Waals surface area contributed by atoms with Gasteiger partial charge in [-0.25, -0.2) is 0 Å². The van der Waals surface area contributed by atoms with Crippen LogP contribution < -0.4 is 0 Å². The molecule has 0 spiro atoms. The quantitative estimate of drug-likeness (QED) is 0.432. The molecule has 1 unspecified atom stereocenters. The van der Waals surface area contributed by atoms with Crippen LogP contribution >= 0.6 is 11.8 Å². The van der Waals surface area contributed by atoms with Crippen molar-refractivity contribution in [2.24, 2.45) is 0 Å². The molecule has 4 aromatic rings. The summed E-state index contributed by atoms with van der Waals surface area (Å²) >= 11 is 1.45. The smallest absolute Gasteiger partial charge is 0.197 e. The Morgan fingerprint density at radius 1 is 0.821 bits per heavy atom. The molecule has 0 aliphatic carbocycles. The van der Waals surface area contributed by atoms with Crippen molar-refractivity contribution in [2.45, 2.75) is 16.8 Å². The van der Waals surface area contributed by atoms with E-state index in [1.807, 2.05) is 95.6 Å². The molecule has 4 nitrogen and oxygen atoms in total. The monoisotopic (exact) mass is 382 g/mol. The Labute approximate surface area is 168 Å². The summed E-state index contributed by atoms with van der Waals surface area (Å²) in [6.07, 6.45) is 0.657. The van der Waals surface area contributed by atoms with Crippen LogP contribution in [0.25, 0.3) is 17.1 Å². The third-order valence-corrected chi connectivity index (χ3v) is 5.37. The van der Waals surface area contributed by atoms with Crippen molar-refractivity contribution in [3.05, 3.63) is 96.6 Å². The largest absolute Gasteiger partial charge is 0.270 e. The van der Waals surface area contributed by atoms with Gasteiger partial charge in [0.15, 0.2) is 11.0 Å². The number of aromatic nitrogens is 3. The summed E-state index contributed by atoms with van der Waals surface area (Å²) in [4.78, 5) is 0. The molecule has 0 saturated carbocycles. The van der Waals surface area contributed by atoms with E-state index in [9.17, 15) is 5.26 Å². The summed E-state index contributed by atoms with van der Waals surface area (Å²) in [5, 5.41) is 19.0. The third kappa shape index (κ3) is 3.98. The van der Waals surface area contributed by atoms with E-state index in [4.69, 9.17) is 0 Å². The molecule has 136 valence electrons. The van der Waals surface area contributed by atoms with Gasteiger partial charge in [-0.3, -0.25) is 4.57 Å². The first-order chi connectivity index (χ1) is 13.8. The molecule has 28 heavy (non-hydrogen) atoms. The van der Waals surface area contributed by atoms with Crippen molar-refractivity contribution in [2.75, 3.05) is 0 Å². The molecule has 4 rings (SSSR count). The average Bonchev–Trinajstić information content (AvgIpc) is 3.19. The topological polar surface area (TPSA) is 54.5 Å². The number of nitrogens with zero attached hydrogens (tertiary/aromatic N) is 4. The first-order valence-electron chi connectivity index (χ1n) is 9.01.